The topological polar surface area (TPSA) is 15.3 Å². The number of hydrogen-bond donors (Lipinski definition) is 1. The van der Waals surface area contributed by atoms with Gasteiger partial charge in [-0.1, -0.05) is 36.8 Å². The first kappa shape index (κ1) is 15.1. The molecule has 1 saturated carbocycles. The lowest BCUT2D eigenvalue weighted by molar-refractivity contribution is 0.125. The van der Waals surface area contributed by atoms with E-state index >= 15 is 0 Å². The van der Waals surface area contributed by atoms with Crippen molar-refractivity contribution in [1.82, 2.24) is 10.2 Å². The van der Waals surface area contributed by atoms with Gasteiger partial charge in [-0.25, -0.2) is 0 Å². The molecule has 1 aromatic carbocycles. The number of piperidine rings is 1. The van der Waals surface area contributed by atoms with Gasteiger partial charge in [0.25, 0.3) is 0 Å². The zero-order valence-corrected chi connectivity index (χ0v) is 13.9. The first-order valence-electron chi connectivity index (χ1n) is 8.53. The molecule has 1 aromatic rings. The summed E-state index contributed by atoms with van der Waals surface area (Å²) in [5.41, 5.74) is 3.45. The van der Waals surface area contributed by atoms with Crippen LogP contribution in [0, 0.1) is 12.3 Å². The van der Waals surface area contributed by atoms with E-state index in [9.17, 15) is 0 Å². The molecule has 1 aliphatic carbocycles. The van der Waals surface area contributed by atoms with Crippen LogP contribution in [0.3, 0.4) is 0 Å². The lowest BCUT2D eigenvalue weighted by Gasteiger charge is -2.42. The smallest absolute Gasteiger partial charge is 0.00789 e. The molecule has 3 rings (SSSR count). The molecular weight excluding hydrogens is 256 g/mol. The van der Waals surface area contributed by atoms with Gasteiger partial charge < -0.3 is 10.2 Å². The van der Waals surface area contributed by atoms with Crippen molar-refractivity contribution in [2.24, 2.45) is 5.41 Å². The van der Waals surface area contributed by atoms with Crippen LogP contribution in [0.1, 0.15) is 49.7 Å². The Balaban J connectivity index is 1.43. The second kappa shape index (κ2) is 6.10. The Hall–Kier alpha value is -0.860. The fraction of sp³-hybridized carbons (Fsp3) is 0.684. The molecule has 2 fully saturated rings. The van der Waals surface area contributed by atoms with E-state index in [0.29, 0.717) is 5.41 Å². The fourth-order valence-corrected chi connectivity index (χ4v) is 3.71. The normalized spacial score (nSPS) is 29.1. The van der Waals surface area contributed by atoms with E-state index in [-0.39, 0.29) is 0 Å². The van der Waals surface area contributed by atoms with E-state index in [1.165, 1.54) is 50.9 Å². The molecule has 1 aliphatic heterocycles. The molecular formula is C19H30N2. The van der Waals surface area contributed by atoms with E-state index in [0.717, 1.165) is 12.0 Å². The Kier molecular flexibility index (Phi) is 4.37. The van der Waals surface area contributed by atoms with Crippen molar-refractivity contribution in [3.05, 3.63) is 35.4 Å². The third kappa shape index (κ3) is 3.67. The first-order valence-corrected chi connectivity index (χ1v) is 8.53. The second-order valence-electron chi connectivity index (χ2n) is 7.77. The van der Waals surface area contributed by atoms with Gasteiger partial charge in [0.2, 0.25) is 0 Å². The highest BCUT2D eigenvalue weighted by molar-refractivity contribution is 5.27. The molecule has 2 aliphatic rings. The van der Waals surface area contributed by atoms with Crippen molar-refractivity contribution >= 4 is 0 Å². The predicted octanol–water partition coefficient (Wildman–Crippen LogP) is 3.56. The molecule has 0 aromatic heterocycles. The Morgan fingerprint density at radius 1 is 1.24 bits per heavy atom. The molecule has 116 valence electrons. The summed E-state index contributed by atoms with van der Waals surface area (Å²) in [6, 6.07) is 9.79. The van der Waals surface area contributed by atoms with Crippen molar-refractivity contribution in [1.29, 1.82) is 0 Å². The van der Waals surface area contributed by atoms with E-state index in [1.807, 2.05) is 0 Å². The highest BCUT2D eigenvalue weighted by atomic mass is 15.1. The van der Waals surface area contributed by atoms with Gasteiger partial charge >= 0.3 is 0 Å². The van der Waals surface area contributed by atoms with Crippen molar-refractivity contribution in [3.8, 4) is 0 Å². The van der Waals surface area contributed by atoms with E-state index in [1.54, 1.807) is 5.56 Å². The molecule has 1 heterocycles. The number of benzene rings is 1. The zero-order chi connectivity index (χ0) is 14.9. The van der Waals surface area contributed by atoms with Gasteiger partial charge in [-0.2, -0.15) is 0 Å². The molecule has 2 heteroatoms. The van der Waals surface area contributed by atoms with Crippen molar-refractivity contribution in [2.75, 3.05) is 26.7 Å². The van der Waals surface area contributed by atoms with Gasteiger partial charge in [-0.05, 0) is 69.6 Å². The van der Waals surface area contributed by atoms with Crippen LogP contribution in [0.5, 0.6) is 0 Å². The van der Waals surface area contributed by atoms with Crippen molar-refractivity contribution in [2.45, 2.75) is 51.5 Å². The van der Waals surface area contributed by atoms with Crippen LogP contribution in [0.25, 0.3) is 0 Å². The SMILES string of the molecule is Cc1cccc(C2CC(NCC3(C)CCN(C)CC3)C2)c1. The van der Waals surface area contributed by atoms with Gasteiger partial charge in [0, 0.05) is 12.6 Å². The minimum Gasteiger partial charge on any atom is -0.313 e. The average molecular weight is 286 g/mol. The Morgan fingerprint density at radius 3 is 2.62 bits per heavy atom. The number of hydrogen-bond acceptors (Lipinski definition) is 2. The maximum absolute atomic E-state index is 3.84. The maximum atomic E-state index is 3.84. The molecule has 21 heavy (non-hydrogen) atoms. The number of nitrogens with one attached hydrogen (secondary N) is 1. The summed E-state index contributed by atoms with van der Waals surface area (Å²) >= 11 is 0. The van der Waals surface area contributed by atoms with Crippen molar-refractivity contribution in [3.63, 3.8) is 0 Å². The van der Waals surface area contributed by atoms with Crippen LogP contribution >= 0.6 is 0 Å². The zero-order valence-electron chi connectivity index (χ0n) is 13.9. The Labute approximate surface area is 129 Å². The minimum absolute atomic E-state index is 0.515. The molecule has 2 nitrogen and oxygen atoms in total. The third-order valence-electron chi connectivity index (χ3n) is 5.66. The van der Waals surface area contributed by atoms with Crippen LogP contribution < -0.4 is 5.32 Å². The molecule has 1 N–H and O–H groups in total. The van der Waals surface area contributed by atoms with Crippen LogP contribution in [-0.4, -0.2) is 37.6 Å². The molecule has 0 radical (unpaired) electrons. The number of nitrogens with zero attached hydrogens (tertiary/aromatic N) is 1. The standard InChI is InChI=1S/C19H30N2/c1-15-5-4-6-16(11-15)17-12-18(13-17)20-14-19(2)7-9-21(3)10-8-19/h4-6,11,17-18,20H,7-10,12-14H2,1-3H3. The van der Waals surface area contributed by atoms with Gasteiger partial charge in [0.05, 0.1) is 0 Å². The Morgan fingerprint density at radius 2 is 1.95 bits per heavy atom. The third-order valence-corrected chi connectivity index (χ3v) is 5.66. The summed E-state index contributed by atoms with van der Waals surface area (Å²) < 4.78 is 0. The van der Waals surface area contributed by atoms with Gasteiger partial charge in [-0.3, -0.25) is 0 Å². The molecule has 0 bridgehead atoms. The number of rotatable bonds is 4. The van der Waals surface area contributed by atoms with Crippen LogP contribution in [0.15, 0.2) is 24.3 Å². The lowest BCUT2D eigenvalue weighted by atomic mass is 9.74. The summed E-state index contributed by atoms with van der Waals surface area (Å²) in [4.78, 5) is 2.46. The number of aryl methyl sites for hydroxylation is 1. The summed E-state index contributed by atoms with van der Waals surface area (Å²) in [5, 5.41) is 3.84. The Bertz CT molecular complexity index is 468. The summed E-state index contributed by atoms with van der Waals surface area (Å²) in [6.07, 6.45) is 5.31. The molecule has 0 unspecified atom stereocenters. The van der Waals surface area contributed by atoms with E-state index < -0.39 is 0 Å². The number of likely N-dealkylation sites (tertiary alicyclic amines) is 1. The van der Waals surface area contributed by atoms with E-state index in [4.69, 9.17) is 0 Å². The van der Waals surface area contributed by atoms with Gasteiger partial charge in [0.15, 0.2) is 0 Å². The molecule has 0 spiro atoms. The van der Waals surface area contributed by atoms with Crippen LogP contribution in [0.2, 0.25) is 0 Å². The molecule has 1 saturated heterocycles. The first-order chi connectivity index (χ1) is 10.0. The van der Waals surface area contributed by atoms with Crippen LogP contribution in [-0.2, 0) is 0 Å². The molecule has 0 amide bonds. The summed E-state index contributed by atoms with van der Waals surface area (Å²) in [7, 11) is 2.24. The van der Waals surface area contributed by atoms with Crippen molar-refractivity contribution < 1.29 is 0 Å². The highest BCUT2D eigenvalue weighted by Crippen LogP contribution is 2.38. The largest absolute Gasteiger partial charge is 0.313 e. The average Bonchev–Trinajstić information content (AvgIpc) is 2.41. The second-order valence-corrected chi connectivity index (χ2v) is 7.77. The van der Waals surface area contributed by atoms with E-state index in [2.05, 4.69) is 55.4 Å². The maximum Gasteiger partial charge on any atom is 0.00789 e. The molecule has 0 atom stereocenters. The fourth-order valence-electron chi connectivity index (χ4n) is 3.71. The van der Waals surface area contributed by atoms with Crippen LogP contribution in [0.4, 0.5) is 0 Å². The van der Waals surface area contributed by atoms with Gasteiger partial charge in [-0.15, -0.1) is 0 Å². The monoisotopic (exact) mass is 286 g/mol. The van der Waals surface area contributed by atoms with Gasteiger partial charge in [0.1, 0.15) is 0 Å². The quantitative estimate of drug-likeness (QED) is 0.910. The summed E-state index contributed by atoms with van der Waals surface area (Å²) in [5.74, 6) is 0.785. The lowest BCUT2D eigenvalue weighted by Crippen LogP contribution is -2.47. The predicted molar refractivity (Wildman–Crippen MR) is 89.8 cm³/mol. The minimum atomic E-state index is 0.515. The highest BCUT2D eigenvalue weighted by Gasteiger charge is 2.33. The summed E-state index contributed by atoms with van der Waals surface area (Å²) in [6.45, 7) is 8.37.